The third-order valence-electron chi connectivity index (χ3n) is 1.86. The molecule has 0 amide bonds. The van der Waals surface area contributed by atoms with Gasteiger partial charge in [0, 0.05) is 26.5 Å². The van der Waals surface area contributed by atoms with Gasteiger partial charge in [-0.15, -0.1) is 11.3 Å². The summed E-state index contributed by atoms with van der Waals surface area (Å²) in [5, 5.41) is 6.21. The summed E-state index contributed by atoms with van der Waals surface area (Å²) in [5.41, 5.74) is 1.09. The fraction of sp³-hybridized carbons (Fsp3) is 0.556. The maximum atomic E-state index is 4.40. The number of hydrogen-bond donors (Lipinski definition) is 1. The van der Waals surface area contributed by atoms with Crippen molar-refractivity contribution >= 4 is 17.3 Å². The Morgan fingerprint density at radius 2 is 2.43 bits per heavy atom. The topological polar surface area (TPSA) is 40.5 Å². The van der Waals surface area contributed by atoms with E-state index in [-0.39, 0.29) is 0 Å². The Morgan fingerprint density at radius 3 is 2.86 bits per heavy atom. The summed E-state index contributed by atoms with van der Waals surface area (Å²) in [5.74, 6) is 0.871. The van der Waals surface area contributed by atoms with E-state index in [1.807, 2.05) is 25.9 Å². The highest BCUT2D eigenvalue weighted by molar-refractivity contribution is 7.09. The molecule has 0 aromatic carbocycles. The molecular weight excluding hydrogens is 196 g/mol. The Bertz CT molecular complexity index is 318. The summed E-state index contributed by atoms with van der Waals surface area (Å²) in [6.07, 6.45) is 0. The van der Waals surface area contributed by atoms with Crippen molar-refractivity contribution in [2.75, 3.05) is 21.1 Å². The van der Waals surface area contributed by atoms with E-state index in [1.165, 1.54) is 0 Å². The van der Waals surface area contributed by atoms with Crippen molar-refractivity contribution < 1.29 is 0 Å². The number of rotatable bonds is 2. The average Bonchev–Trinajstić information content (AvgIpc) is 2.53. The van der Waals surface area contributed by atoms with Crippen molar-refractivity contribution in [3.8, 4) is 0 Å². The molecule has 0 saturated heterocycles. The molecule has 0 aliphatic carbocycles. The zero-order valence-electron chi connectivity index (χ0n) is 9.03. The monoisotopic (exact) mass is 212 g/mol. The normalized spacial score (nSPS) is 11.6. The number of nitrogens with one attached hydrogen (secondary N) is 1. The van der Waals surface area contributed by atoms with E-state index in [2.05, 4.69) is 20.7 Å². The van der Waals surface area contributed by atoms with Crippen LogP contribution >= 0.6 is 11.3 Å². The third kappa shape index (κ3) is 2.70. The van der Waals surface area contributed by atoms with Crippen LogP contribution in [0.4, 0.5) is 0 Å². The molecule has 1 aromatic heterocycles. The van der Waals surface area contributed by atoms with Crippen molar-refractivity contribution in [2.45, 2.75) is 13.5 Å². The Hall–Kier alpha value is -1.10. The fourth-order valence-corrected chi connectivity index (χ4v) is 1.88. The molecule has 0 radical (unpaired) electrons. The Labute approximate surface area is 88.7 Å². The number of guanidine groups is 1. The number of nitrogens with zero attached hydrogens (tertiary/aromatic N) is 3. The lowest BCUT2D eigenvalue weighted by atomic mass is 10.4. The molecule has 1 rings (SSSR count). The van der Waals surface area contributed by atoms with Gasteiger partial charge in [-0.25, -0.2) is 4.98 Å². The second-order valence-corrected chi connectivity index (χ2v) is 4.07. The van der Waals surface area contributed by atoms with Gasteiger partial charge in [0.15, 0.2) is 5.96 Å². The van der Waals surface area contributed by atoms with Crippen LogP contribution in [0.2, 0.25) is 0 Å². The minimum Gasteiger partial charge on any atom is -0.359 e. The maximum Gasteiger partial charge on any atom is 0.193 e. The van der Waals surface area contributed by atoms with Crippen molar-refractivity contribution in [1.29, 1.82) is 0 Å². The summed E-state index contributed by atoms with van der Waals surface area (Å²) in [6, 6.07) is 0. The van der Waals surface area contributed by atoms with Crippen LogP contribution in [0.5, 0.6) is 0 Å². The molecule has 1 N–H and O–H groups in total. The van der Waals surface area contributed by atoms with Gasteiger partial charge in [0.2, 0.25) is 0 Å². The van der Waals surface area contributed by atoms with Gasteiger partial charge in [0.1, 0.15) is 0 Å². The van der Waals surface area contributed by atoms with Crippen LogP contribution in [-0.4, -0.2) is 37.0 Å². The first-order valence-corrected chi connectivity index (χ1v) is 5.32. The van der Waals surface area contributed by atoms with E-state index in [4.69, 9.17) is 0 Å². The molecular formula is C9H16N4S. The standard InChI is InChI=1S/C9H16N4S/c1-7-12-8(6-14-7)5-13(4)9(10-2)11-3/h6H,5H2,1-4H3,(H,10,11). The fourth-order valence-electron chi connectivity index (χ4n) is 1.27. The van der Waals surface area contributed by atoms with Gasteiger partial charge >= 0.3 is 0 Å². The summed E-state index contributed by atoms with van der Waals surface area (Å²) >= 11 is 1.68. The Kier molecular flexibility index (Phi) is 3.88. The van der Waals surface area contributed by atoms with Gasteiger partial charge in [-0.3, -0.25) is 4.99 Å². The first kappa shape index (κ1) is 11.0. The smallest absolute Gasteiger partial charge is 0.193 e. The maximum absolute atomic E-state index is 4.40. The van der Waals surface area contributed by atoms with Gasteiger partial charge in [-0.2, -0.15) is 0 Å². The van der Waals surface area contributed by atoms with Crippen molar-refractivity contribution in [3.63, 3.8) is 0 Å². The first-order valence-electron chi connectivity index (χ1n) is 4.44. The minimum absolute atomic E-state index is 0.790. The molecule has 0 saturated carbocycles. The van der Waals surface area contributed by atoms with Crippen LogP contribution in [0.1, 0.15) is 10.7 Å². The molecule has 0 unspecified atom stereocenters. The summed E-state index contributed by atoms with van der Waals surface area (Å²) < 4.78 is 0. The molecule has 1 aromatic rings. The lowest BCUT2D eigenvalue weighted by molar-refractivity contribution is 0.477. The van der Waals surface area contributed by atoms with E-state index in [9.17, 15) is 0 Å². The van der Waals surface area contributed by atoms with Crippen LogP contribution in [0.3, 0.4) is 0 Å². The number of thiazole rings is 1. The lowest BCUT2D eigenvalue weighted by Gasteiger charge is -2.18. The molecule has 0 bridgehead atoms. The predicted molar refractivity (Wildman–Crippen MR) is 60.7 cm³/mol. The number of aromatic nitrogens is 1. The first-order chi connectivity index (χ1) is 6.67. The average molecular weight is 212 g/mol. The van der Waals surface area contributed by atoms with E-state index >= 15 is 0 Å². The highest BCUT2D eigenvalue weighted by Gasteiger charge is 2.06. The Balaban J connectivity index is 2.60. The van der Waals surface area contributed by atoms with Crippen molar-refractivity contribution in [3.05, 3.63) is 16.1 Å². The number of hydrogen-bond acceptors (Lipinski definition) is 3. The Morgan fingerprint density at radius 1 is 1.71 bits per heavy atom. The van der Waals surface area contributed by atoms with Crippen LogP contribution in [-0.2, 0) is 6.54 Å². The van der Waals surface area contributed by atoms with E-state index in [0.717, 1.165) is 23.2 Å². The molecule has 4 nitrogen and oxygen atoms in total. The van der Waals surface area contributed by atoms with Gasteiger partial charge < -0.3 is 10.2 Å². The molecule has 78 valence electrons. The van der Waals surface area contributed by atoms with Crippen LogP contribution in [0, 0.1) is 6.92 Å². The zero-order valence-corrected chi connectivity index (χ0v) is 9.85. The highest BCUT2D eigenvalue weighted by atomic mass is 32.1. The summed E-state index contributed by atoms with van der Waals surface area (Å²) in [7, 11) is 5.63. The number of aryl methyl sites for hydroxylation is 1. The molecule has 0 aliphatic rings. The number of aliphatic imine (C=N–C) groups is 1. The zero-order chi connectivity index (χ0) is 10.6. The molecule has 0 atom stereocenters. The predicted octanol–water partition coefficient (Wildman–Crippen LogP) is 1.09. The van der Waals surface area contributed by atoms with Gasteiger partial charge in [0.25, 0.3) is 0 Å². The second-order valence-electron chi connectivity index (χ2n) is 3.01. The SMILES string of the molecule is CN=C(NC)N(C)Cc1csc(C)n1. The molecule has 0 fully saturated rings. The van der Waals surface area contributed by atoms with E-state index < -0.39 is 0 Å². The highest BCUT2D eigenvalue weighted by Crippen LogP contribution is 2.09. The summed E-state index contributed by atoms with van der Waals surface area (Å²) in [4.78, 5) is 10.5. The second kappa shape index (κ2) is 4.95. The summed E-state index contributed by atoms with van der Waals surface area (Å²) in [6.45, 7) is 2.80. The largest absolute Gasteiger partial charge is 0.359 e. The van der Waals surface area contributed by atoms with Crippen LogP contribution < -0.4 is 5.32 Å². The molecule has 0 spiro atoms. The van der Waals surface area contributed by atoms with Crippen LogP contribution in [0.25, 0.3) is 0 Å². The van der Waals surface area contributed by atoms with Gasteiger partial charge in [0.05, 0.1) is 17.2 Å². The van der Waals surface area contributed by atoms with Crippen molar-refractivity contribution in [1.82, 2.24) is 15.2 Å². The molecule has 5 heteroatoms. The molecule has 1 heterocycles. The molecule has 14 heavy (non-hydrogen) atoms. The van der Waals surface area contributed by atoms with Gasteiger partial charge in [-0.05, 0) is 6.92 Å². The van der Waals surface area contributed by atoms with Gasteiger partial charge in [-0.1, -0.05) is 0 Å². The van der Waals surface area contributed by atoms with Crippen LogP contribution in [0.15, 0.2) is 10.4 Å². The molecule has 0 aliphatic heterocycles. The van der Waals surface area contributed by atoms with E-state index in [0.29, 0.717) is 0 Å². The third-order valence-corrected chi connectivity index (χ3v) is 2.69. The quantitative estimate of drug-likeness (QED) is 0.589. The van der Waals surface area contributed by atoms with E-state index in [1.54, 1.807) is 18.4 Å². The van der Waals surface area contributed by atoms with Crippen molar-refractivity contribution in [2.24, 2.45) is 4.99 Å². The lowest BCUT2D eigenvalue weighted by Crippen LogP contribution is -2.36. The minimum atomic E-state index is 0.790.